The first kappa shape index (κ1) is 19.7. The van der Waals surface area contributed by atoms with Crippen molar-refractivity contribution in [2.24, 2.45) is 0 Å². The number of amides is 1. The standard InChI is InChI=1S/C23H26N2O3/c1-16-10-13-21(27-4)20(14-16)24-23(26)22(18-8-6-5-7-9-18)25(3)15-19-12-11-17(2)28-19/h5-14,22H,15H2,1-4H3,(H,24,26)/t22-/m0/s1. The molecule has 0 fully saturated rings. The van der Waals surface area contributed by atoms with Gasteiger partial charge >= 0.3 is 0 Å². The summed E-state index contributed by atoms with van der Waals surface area (Å²) in [6.45, 7) is 4.41. The Balaban J connectivity index is 1.88. The Kier molecular flexibility index (Phi) is 6.16. The summed E-state index contributed by atoms with van der Waals surface area (Å²) >= 11 is 0. The molecule has 0 aliphatic heterocycles. The molecule has 0 spiro atoms. The minimum absolute atomic E-state index is 0.124. The number of anilines is 1. The van der Waals surface area contributed by atoms with Gasteiger partial charge in [0.15, 0.2) is 0 Å². The second-order valence-electron chi connectivity index (χ2n) is 6.93. The number of aryl methyl sites for hydroxylation is 2. The van der Waals surface area contributed by atoms with Crippen molar-refractivity contribution in [3.05, 3.63) is 83.3 Å². The van der Waals surface area contributed by atoms with E-state index in [-0.39, 0.29) is 5.91 Å². The van der Waals surface area contributed by atoms with Crippen LogP contribution in [0.5, 0.6) is 5.75 Å². The third-order valence-electron chi connectivity index (χ3n) is 4.62. The van der Waals surface area contributed by atoms with E-state index in [1.54, 1.807) is 7.11 Å². The van der Waals surface area contributed by atoms with Gasteiger partial charge in [0.25, 0.3) is 0 Å². The molecule has 2 aromatic carbocycles. The fraction of sp³-hybridized carbons (Fsp3) is 0.261. The summed E-state index contributed by atoms with van der Waals surface area (Å²) < 4.78 is 11.1. The van der Waals surface area contributed by atoms with Crippen molar-refractivity contribution >= 4 is 11.6 Å². The Morgan fingerprint density at radius 1 is 1.11 bits per heavy atom. The van der Waals surface area contributed by atoms with Gasteiger partial charge in [0.2, 0.25) is 5.91 Å². The monoisotopic (exact) mass is 378 g/mol. The summed E-state index contributed by atoms with van der Waals surface area (Å²) in [6, 6.07) is 18.9. The van der Waals surface area contributed by atoms with E-state index in [0.717, 1.165) is 22.6 Å². The van der Waals surface area contributed by atoms with Crippen LogP contribution in [-0.2, 0) is 11.3 Å². The van der Waals surface area contributed by atoms with E-state index in [1.165, 1.54) is 0 Å². The summed E-state index contributed by atoms with van der Waals surface area (Å²) in [5, 5.41) is 3.04. The molecule has 1 N–H and O–H groups in total. The molecular formula is C23H26N2O3. The largest absolute Gasteiger partial charge is 0.495 e. The van der Waals surface area contributed by atoms with Gasteiger partial charge in [-0.1, -0.05) is 36.4 Å². The van der Waals surface area contributed by atoms with Crippen molar-refractivity contribution in [1.82, 2.24) is 4.90 Å². The predicted octanol–water partition coefficient (Wildman–Crippen LogP) is 4.72. The van der Waals surface area contributed by atoms with Gasteiger partial charge in [-0.25, -0.2) is 0 Å². The highest BCUT2D eigenvalue weighted by Gasteiger charge is 2.26. The summed E-state index contributed by atoms with van der Waals surface area (Å²) in [6.07, 6.45) is 0. The number of nitrogens with zero attached hydrogens (tertiary/aromatic N) is 1. The highest BCUT2D eigenvalue weighted by atomic mass is 16.5. The van der Waals surface area contributed by atoms with Crippen LogP contribution >= 0.6 is 0 Å². The molecule has 0 unspecified atom stereocenters. The molecule has 5 nitrogen and oxygen atoms in total. The molecule has 1 heterocycles. The van der Waals surface area contributed by atoms with Crippen molar-refractivity contribution in [3.8, 4) is 5.75 Å². The van der Waals surface area contributed by atoms with E-state index >= 15 is 0 Å². The maximum atomic E-state index is 13.3. The number of carbonyl (C=O) groups excluding carboxylic acids is 1. The second kappa shape index (κ2) is 8.76. The van der Waals surface area contributed by atoms with Crippen molar-refractivity contribution < 1.29 is 13.9 Å². The van der Waals surface area contributed by atoms with E-state index in [1.807, 2.05) is 86.5 Å². The molecule has 0 aliphatic rings. The van der Waals surface area contributed by atoms with Crippen LogP contribution in [-0.4, -0.2) is 25.0 Å². The van der Waals surface area contributed by atoms with Gasteiger partial charge in [-0.15, -0.1) is 0 Å². The van der Waals surface area contributed by atoms with Crippen molar-refractivity contribution in [2.75, 3.05) is 19.5 Å². The number of methoxy groups -OCH3 is 1. The average Bonchev–Trinajstić information content (AvgIpc) is 3.07. The maximum Gasteiger partial charge on any atom is 0.246 e. The molecular weight excluding hydrogens is 352 g/mol. The maximum absolute atomic E-state index is 13.3. The van der Waals surface area contributed by atoms with Gasteiger partial charge in [-0.05, 0) is 56.3 Å². The van der Waals surface area contributed by atoms with Crippen molar-refractivity contribution in [1.29, 1.82) is 0 Å². The Labute approximate surface area is 165 Å². The minimum atomic E-state index is -0.475. The van der Waals surface area contributed by atoms with Crippen LogP contribution in [0.15, 0.2) is 65.1 Å². The normalized spacial score (nSPS) is 12.0. The topological polar surface area (TPSA) is 54.7 Å². The molecule has 0 saturated heterocycles. The number of benzene rings is 2. The fourth-order valence-corrected chi connectivity index (χ4v) is 3.27. The first-order chi connectivity index (χ1) is 13.5. The van der Waals surface area contributed by atoms with Gasteiger partial charge in [-0.3, -0.25) is 9.69 Å². The highest BCUT2D eigenvalue weighted by molar-refractivity contribution is 5.96. The number of furan rings is 1. The molecule has 1 amide bonds. The molecule has 0 radical (unpaired) electrons. The minimum Gasteiger partial charge on any atom is -0.495 e. The number of nitrogens with one attached hydrogen (secondary N) is 1. The van der Waals surface area contributed by atoms with E-state index in [0.29, 0.717) is 18.0 Å². The number of hydrogen-bond acceptors (Lipinski definition) is 4. The molecule has 146 valence electrons. The van der Waals surface area contributed by atoms with Crippen LogP contribution in [0.4, 0.5) is 5.69 Å². The van der Waals surface area contributed by atoms with Gasteiger partial charge in [-0.2, -0.15) is 0 Å². The number of carbonyl (C=O) groups is 1. The van der Waals surface area contributed by atoms with Crippen LogP contribution < -0.4 is 10.1 Å². The van der Waals surface area contributed by atoms with Crippen LogP contribution in [0.2, 0.25) is 0 Å². The fourth-order valence-electron chi connectivity index (χ4n) is 3.27. The molecule has 1 aromatic heterocycles. The Hall–Kier alpha value is -3.05. The summed E-state index contributed by atoms with van der Waals surface area (Å²) in [4.78, 5) is 15.3. The first-order valence-electron chi connectivity index (χ1n) is 9.24. The van der Waals surface area contributed by atoms with E-state index in [9.17, 15) is 4.79 Å². The molecule has 3 aromatic rings. The second-order valence-corrected chi connectivity index (χ2v) is 6.93. The van der Waals surface area contributed by atoms with Crippen LogP contribution in [0.1, 0.15) is 28.7 Å². The number of rotatable bonds is 7. The molecule has 0 aliphatic carbocycles. The van der Waals surface area contributed by atoms with Crippen molar-refractivity contribution in [3.63, 3.8) is 0 Å². The lowest BCUT2D eigenvalue weighted by molar-refractivity contribution is -0.121. The zero-order valence-corrected chi connectivity index (χ0v) is 16.7. The van der Waals surface area contributed by atoms with Crippen LogP contribution in [0, 0.1) is 13.8 Å². The van der Waals surface area contributed by atoms with Crippen LogP contribution in [0.3, 0.4) is 0 Å². The highest BCUT2D eigenvalue weighted by Crippen LogP contribution is 2.29. The quantitative estimate of drug-likeness (QED) is 0.646. The van der Waals surface area contributed by atoms with Gasteiger partial charge in [0.05, 0.1) is 19.3 Å². The lowest BCUT2D eigenvalue weighted by atomic mass is 10.0. The Bertz CT molecular complexity index is 934. The lowest BCUT2D eigenvalue weighted by Gasteiger charge is -2.27. The molecule has 0 bridgehead atoms. The average molecular weight is 378 g/mol. The van der Waals surface area contributed by atoms with Crippen molar-refractivity contribution in [2.45, 2.75) is 26.4 Å². The van der Waals surface area contributed by atoms with Gasteiger partial charge in [0, 0.05) is 0 Å². The predicted molar refractivity (Wildman–Crippen MR) is 110 cm³/mol. The number of ether oxygens (including phenoxy) is 1. The van der Waals surface area contributed by atoms with E-state index in [4.69, 9.17) is 9.15 Å². The smallest absolute Gasteiger partial charge is 0.246 e. The Morgan fingerprint density at radius 3 is 2.50 bits per heavy atom. The van der Waals surface area contributed by atoms with E-state index in [2.05, 4.69) is 5.32 Å². The zero-order chi connectivity index (χ0) is 20.1. The van der Waals surface area contributed by atoms with E-state index < -0.39 is 6.04 Å². The third-order valence-corrected chi connectivity index (χ3v) is 4.62. The molecule has 3 rings (SSSR count). The molecule has 28 heavy (non-hydrogen) atoms. The van der Waals surface area contributed by atoms with Crippen LogP contribution in [0.25, 0.3) is 0 Å². The molecule has 0 saturated carbocycles. The molecule has 5 heteroatoms. The third kappa shape index (κ3) is 4.61. The van der Waals surface area contributed by atoms with Gasteiger partial charge in [0.1, 0.15) is 23.3 Å². The van der Waals surface area contributed by atoms with Gasteiger partial charge < -0.3 is 14.5 Å². The number of likely N-dealkylation sites (N-methyl/N-ethyl adjacent to an activating group) is 1. The lowest BCUT2D eigenvalue weighted by Crippen LogP contribution is -2.34. The Morgan fingerprint density at radius 2 is 1.86 bits per heavy atom. The summed E-state index contributed by atoms with van der Waals surface area (Å²) in [5.41, 5.74) is 2.62. The number of hydrogen-bond donors (Lipinski definition) is 1. The molecule has 1 atom stereocenters. The SMILES string of the molecule is COc1ccc(C)cc1NC(=O)[C@H](c1ccccc1)N(C)Cc1ccc(C)o1. The summed E-state index contributed by atoms with van der Waals surface area (Å²) in [5.74, 6) is 2.19. The zero-order valence-electron chi connectivity index (χ0n) is 16.7. The summed E-state index contributed by atoms with van der Waals surface area (Å²) in [7, 11) is 3.52. The first-order valence-corrected chi connectivity index (χ1v) is 9.24.